The van der Waals surface area contributed by atoms with Gasteiger partial charge in [0.25, 0.3) is 0 Å². The van der Waals surface area contributed by atoms with Gasteiger partial charge in [0.1, 0.15) is 12.5 Å². The van der Waals surface area contributed by atoms with Gasteiger partial charge in [-0.25, -0.2) is 0 Å². The molecule has 5 heteroatoms. The minimum absolute atomic E-state index is 0.241. The number of hydrogen-bond donors (Lipinski definition) is 0. The summed E-state index contributed by atoms with van der Waals surface area (Å²) in [4.78, 5) is 11.0. The molecule has 0 N–H and O–H groups in total. The van der Waals surface area contributed by atoms with Crippen molar-refractivity contribution in [2.45, 2.75) is 26.4 Å². The fourth-order valence-electron chi connectivity index (χ4n) is 0.907. The van der Waals surface area contributed by atoms with Crippen LogP contribution < -0.4 is 0 Å². The van der Waals surface area contributed by atoms with Gasteiger partial charge in [-0.3, -0.25) is 4.79 Å². The number of nitriles is 1. The molecule has 0 atom stereocenters. The van der Waals surface area contributed by atoms with Crippen molar-refractivity contribution in [2.24, 2.45) is 0 Å². The quantitative estimate of drug-likeness (QED) is 0.562. The smallest absolute Gasteiger partial charge is 0.320 e. The van der Waals surface area contributed by atoms with Crippen LogP contribution in [-0.4, -0.2) is 38.5 Å². The number of rotatable bonds is 8. The van der Waals surface area contributed by atoms with E-state index in [1.807, 2.05) is 13.8 Å². The number of hydrogen-bond acceptors (Lipinski definition) is 5. The monoisotopic (exact) mass is 215 g/mol. The van der Waals surface area contributed by atoms with Crippen LogP contribution in [0.1, 0.15) is 20.3 Å². The van der Waals surface area contributed by atoms with Crippen molar-refractivity contribution in [3.8, 4) is 6.07 Å². The molecule has 0 aliphatic rings. The van der Waals surface area contributed by atoms with E-state index in [9.17, 15) is 4.79 Å². The van der Waals surface area contributed by atoms with Gasteiger partial charge in [0, 0.05) is 13.2 Å². The Morgan fingerprint density at radius 2 is 1.80 bits per heavy atom. The predicted molar refractivity (Wildman–Crippen MR) is 53.1 cm³/mol. The van der Waals surface area contributed by atoms with Gasteiger partial charge in [0.05, 0.1) is 19.3 Å². The second-order valence-electron chi connectivity index (χ2n) is 2.77. The fraction of sp³-hybridized carbons (Fsp3) is 0.800. The Morgan fingerprint density at radius 3 is 2.20 bits per heavy atom. The molecule has 0 aromatic heterocycles. The molecule has 0 radical (unpaired) electrons. The highest BCUT2D eigenvalue weighted by atomic mass is 16.6. The van der Waals surface area contributed by atoms with E-state index in [0.29, 0.717) is 26.4 Å². The second-order valence-corrected chi connectivity index (χ2v) is 2.77. The first-order chi connectivity index (χ1) is 7.24. The maximum Gasteiger partial charge on any atom is 0.320 e. The summed E-state index contributed by atoms with van der Waals surface area (Å²) < 4.78 is 15.2. The first-order valence-electron chi connectivity index (χ1n) is 4.96. The molecular weight excluding hydrogens is 198 g/mol. The zero-order valence-corrected chi connectivity index (χ0v) is 9.19. The van der Waals surface area contributed by atoms with Crippen LogP contribution >= 0.6 is 0 Å². The Hall–Kier alpha value is -1.12. The summed E-state index contributed by atoms with van der Waals surface area (Å²) in [6.45, 7) is 5.42. The minimum Gasteiger partial charge on any atom is -0.457 e. The Bertz CT molecular complexity index is 204. The molecule has 0 bridgehead atoms. The summed E-state index contributed by atoms with van der Waals surface area (Å²) in [5.74, 6) is -0.540. The van der Waals surface area contributed by atoms with E-state index in [0.717, 1.165) is 0 Å². The lowest BCUT2D eigenvalue weighted by molar-refractivity contribution is -0.154. The molecule has 0 fully saturated rings. The predicted octanol–water partition coefficient (Wildman–Crippen LogP) is 0.885. The lowest BCUT2D eigenvalue weighted by atomic mass is 10.4. The number of carbonyl (C=O) groups is 1. The molecule has 0 aliphatic heterocycles. The zero-order valence-electron chi connectivity index (χ0n) is 9.19. The third-order valence-electron chi connectivity index (χ3n) is 1.54. The van der Waals surface area contributed by atoms with Crippen LogP contribution in [0.25, 0.3) is 0 Å². The summed E-state index contributed by atoms with van der Waals surface area (Å²) in [7, 11) is 0. The van der Waals surface area contributed by atoms with Gasteiger partial charge in [-0.2, -0.15) is 5.26 Å². The highest BCUT2D eigenvalue weighted by Gasteiger charge is 2.14. The average molecular weight is 215 g/mol. The van der Waals surface area contributed by atoms with Gasteiger partial charge in [0.15, 0.2) is 0 Å². The maximum absolute atomic E-state index is 11.0. The fourth-order valence-corrected chi connectivity index (χ4v) is 0.907. The van der Waals surface area contributed by atoms with Crippen LogP contribution in [0.5, 0.6) is 0 Å². The summed E-state index contributed by atoms with van der Waals surface area (Å²) >= 11 is 0. The molecule has 0 unspecified atom stereocenters. The normalized spacial score (nSPS) is 10.0. The largest absolute Gasteiger partial charge is 0.457 e. The number of carbonyl (C=O) groups excluding carboxylic acids is 1. The highest BCUT2D eigenvalue weighted by molar-refractivity contribution is 5.71. The molecule has 0 aromatic rings. The minimum atomic E-state index is -0.540. The van der Waals surface area contributed by atoms with Gasteiger partial charge in [-0.1, -0.05) is 0 Å². The molecule has 15 heavy (non-hydrogen) atoms. The van der Waals surface area contributed by atoms with Crippen molar-refractivity contribution in [2.75, 3.05) is 26.4 Å². The molecular formula is C10H17NO4. The molecule has 0 aromatic carbocycles. The molecule has 5 nitrogen and oxygen atoms in total. The third-order valence-corrected chi connectivity index (χ3v) is 1.54. The van der Waals surface area contributed by atoms with Crippen molar-refractivity contribution in [1.29, 1.82) is 5.26 Å². The van der Waals surface area contributed by atoms with E-state index in [2.05, 4.69) is 0 Å². The molecule has 0 aliphatic carbocycles. The summed E-state index contributed by atoms with van der Waals surface area (Å²) in [6, 6.07) is 1.73. The molecule has 0 saturated heterocycles. The first-order valence-corrected chi connectivity index (χ1v) is 4.96. The van der Waals surface area contributed by atoms with E-state index < -0.39 is 12.1 Å². The number of esters is 1. The van der Waals surface area contributed by atoms with Crippen molar-refractivity contribution in [1.82, 2.24) is 0 Å². The average Bonchev–Trinajstić information content (AvgIpc) is 2.22. The van der Waals surface area contributed by atoms with Gasteiger partial charge in [-0.15, -0.1) is 0 Å². The van der Waals surface area contributed by atoms with Gasteiger partial charge in [-0.05, 0) is 13.8 Å². The zero-order chi connectivity index (χ0) is 11.5. The van der Waals surface area contributed by atoms with Gasteiger partial charge >= 0.3 is 5.97 Å². The Morgan fingerprint density at radius 1 is 1.27 bits per heavy atom. The molecule has 86 valence electrons. The van der Waals surface area contributed by atoms with Crippen molar-refractivity contribution in [3.63, 3.8) is 0 Å². The van der Waals surface area contributed by atoms with E-state index >= 15 is 0 Å². The first kappa shape index (κ1) is 13.9. The number of nitrogens with zero attached hydrogens (tertiary/aromatic N) is 1. The maximum atomic E-state index is 11.0. The highest BCUT2D eigenvalue weighted by Crippen LogP contribution is 1.98. The molecule has 0 amide bonds. The van der Waals surface area contributed by atoms with Crippen LogP contribution in [0.15, 0.2) is 0 Å². The molecule has 0 spiro atoms. The van der Waals surface area contributed by atoms with Crippen molar-refractivity contribution in [3.05, 3.63) is 0 Å². The summed E-state index contributed by atoms with van der Waals surface area (Å²) in [5, 5.41) is 8.29. The Labute approximate surface area is 89.9 Å². The van der Waals surface area contributed by atoms with Gasteiger partial charge in [0.2, 0.25) is 0 Å². The molecule has 0 heterocycles. The van der Waals surface area contributed by atoms with Crippen molar-refractivity contribution < 1.29 is 19.0 Å². The third kappa shape index (κ3) is 7.91. The molecule has 0 rings (SSSR count). The van der Waals surface area contributed by atoms with Crippen LogP contribution in [0, 0.1) is 11.3 Å². The van der Waals surface area contributed by atoms with Crippen molar-refractivity contribution >= 4 is 5.97 Å². The Balaban J connectivity index is 3.88. The SMILES string of the molecule is CCOCC(COCC)OC(=O)CC#N. The van der Waals surface area contributed by atoms with Gasteiger partial charge < -0.3 is 14.2 Å². The topological polar surface area (TPSA) is 68.6 Å². The van der Waals surface area contributed by atoms with E-state index in [1.165, 1.54) is 0 Å². The van der Waals surface area contributed by atoms with Crippen LogP contribution in [0.4, 0.5) is 0 Å². The van der Waals surface area contributed by atoms with E-state index in [-0.39, 0.29) is 6.42 Å². The van der Waals surface area contributed by atoms with Crippen LogP contribution in [0.3, 0.4) is 0 Å². The summed E-state index contributed by atoms with van der Waals surface area (Å²) in [5.41, 5.74) is 0. The van der Waals surface area contributed by atoms with E-state index in [4.69, 9.17) is 19.5 Å². The van der Waals surface area contributed by atoms with Crippen LogP contribution in [-0.2, 0) is 19.0 Å². The standard InChI is InChI=1S/C10H17NO4/c1-3-13-7-9(8-14-4-2)15-10(12)5-6-11/h9H,3-5,7-8H2,1-2H3. The van der Waals surface area contributed by atoms with E-state index in [1.54, 1.807) is 6.07 Å². The second kappa shape index (κ2) is 9.44. The van der Waals surface area contributed by atoms with Crippen LogP contribution in [0.2, 0.25) is 0 Å². The number of ether oxygens (including phenoxy) is 3. The summed E-state index contributed by atoms with van der Waals surface area (Å²) in [6.07, 6.45) is -0.667. The molecule has 0 saturated carbocycles. The Kier molecular flexibility index (Phi) is 8.73. The lowest BCUT2D eigenvalue weighted by Crippen LogP contribution is -2.28. The lowest BCUT2D eigenvalue weighted by Gasteiger charge is -2.16.